The summed E-state index contributed by atoms with van der Waals surface area (Å²) in [6.45, 7) is 5.30. The summed E-state index contributed by atoms with van der Waals surface area (Å²) < 4.78 is 0. The Bertz CT molecular complexity index is 588. The third kappa shape index (κ3) is 6.15. The number of anilines is 2. The number of hydrazone groups is 1. The van der Waals surface area contributed by atoms with Gasteiger partial charge in [-0.3, -0.25) is 5.43 Å². The van der Waals surface area contributed by atoms with Crippen molar-refractivity contribution in [3.63, 3.8) is 0 Å². The van der Waals surface area contributed by atoms with Gasteiger partial charge in [-0.1, -0.05) is 56.5 Å². The lowest BCUT2D eigenvalue weighted by Gasteiger charge is -2.08. The van der Waals surface area contributed by atoms with Gasteiger partial charge in [0.05, 0.1) is 11.4 Å². The first-order chi connectivity index (χ1) is 11.3. The SMILES string of the molecule is CCCCCCNc1ccc(C(C)=NNc2ccccc2)cc1. The van der Waals surface area contributed by atoms with E-state index in [1.54, 1.807) is 0 Å². The molecule has 0 saturated heterocycles. The van der Waals surface area contributed by atoms with Gasteiger partial charge in [0.25, 0.3) is 0 Å². The molecular formula is C20H27N3. The molecule has 0 radical (unpaired) electrons. The first kappa shape index (κ1) is 17.1. The van der Waals surface area contributed by atoms with Gasteiger partial charge in [0.15, 0.2) is 0 Å². The monoisotopic (exact) mass is 309 g/mol. The maximum Gasteiger partial charge on any atom is 0.0648 e. The molecule has 0 aliphatic carbocycles. The van der Waals surface area contributed by atoms with Crippen LogP contribution >= 0.6 is 0 Å². The molecule has 3 heteroatoms. The Labute approximate surface area is 139 Å². The van der Waals surface area contributed by atoms with Crippen molar-refractivity contribution in [2.75, 3.05) is 17.3 Å². The van der Waals surface area contributed by atoms with Gasteiger partial charge in [-0.25, -0.2) is 0 Å². The summed E-state index contributed by atoms with van der Waals surface area (Å²) in [5, 5.41) is 7.91. The van der Waals surface area contributed by atoms with Crippen LogP contribution in [0.2, 0.25) is 0 Å². The summed E-state index contributed by atoms with van der Waals surface area (Å²) in [6, 6.07) is 18.5. The third-order valence-corrected chi connectivity index (χ3v) is 3.79. The number of para-hydroxylation sites is 1. The van der Waals surface area contributed by atoms with Gasteiger partial charge in [-0.15, -0.1) is 0 Å². The Kier molecular flexibility index (Phi) is 7.18. The van der Waals surface area contributed by atoms with E-state index in [4.69, 9.17) is 0 Å². The minimum Gasteiger partial charge on any atom is -0.385 e. The Morgan fingerprint density at radius 1 is 0.870 bits per heavy atom. The fraction of sp³-hybridized carbons (Fsp3) is 0.350. The largest absolute Gasteiger partial charge is 0.385 e. The standard InChI is InChI=1S/C20H27N3/c1-3-4-5-9-16-21-19-14-12-18(13-15-19)17(2)22-23-20-10-7-6-8-11-20/h6-8,10-15,21,23H,3-5,9,16H2,1-2H3. The lowest BCUT2D eigenvalue weighted by molar-refractivity contribution is 0.685. The van der Waals surface area contributed by atoms with Crippen LogP contribution in [0.3, 0.4) is 0 Å². The Balaban J connectivity index is 1.83. The maximum absolute atomic E-state index is 4.44. The van der Waals surface area contributed by atoms with Crippen LogP contribution in [0.25, 0.3) is 0 Å². The lowest BCUT2D eigenvalue weighted by atomic mass is 10.1. The molecule has 122 valence electrons. The minimum absolute atomic E-state index is 0.975. The summed E-state index contributed by atoms with van der Waals surface area (Å²) in [7, 11) is 0. The molecule has 0 saturated carbocycles. The highest BCUT2D eigenvalue weighted by Crippen LogP contribution is 2.12. The van der Waals surface area contributed by atoms with E-state index in [0.717, 1.165) is 23.5 Å². The van der Waals surface area contributed by atoms with E-state index in [9.17, 15) is 0 Å². The van der Waals surface area contributed by atoms with E-state index >= 15 is 0 Å². The van der Waals surface area contributed by atoms with Gasteiger partial charge >= 0.3 is 0 Å². The molecule has 0 aromatic heterocycles. The summed E-state index contributed by atoms with van der Waals surface area (Å²) in [5.74, 6) is 0. The van der Waals surface area contributed by atoms with Crippen molar-refractivity contribution in [1.29, 1.82) is 0 Å². The molecule has 0 fully saturated rings. The molecule has 23 heavy (non-hydrogen) atoms. The molecule has 0 spiro atoms. The normalized spacial score (nSPS) is 11.3. The van der Waals surface area contributed by atoms with E-state index in [1.807, 2.05) is 37.3 Å². The number of nitrogens with zero attached hydrogens (tertiary/aromatic N) is 1. The maximum atomic E-state index is 4.44. The van der Waals surface area contributed by atoms with Gasteiger partial charge in [-0.2, -0.15) is 5.10 Å². The Hall–Kier alpha value is -2.29. The summed E-state index contributed by atoms with van der Waals surface area (Å²) in [5.41, 5.74) is 7.36. The highest BCUT2D eigenvalue weighted by Gasteiger charge is 1.98. The number of hydrogen-bond donors (Lipinski definition) is 2. The van der Waals surface area contributed by atoms with E-state index in [2.05, 4.69) is 47.0 Å². The Morgan fingerprint density at radius 2 is 1.61 bits per heavy atom. The third-order valence-electron chi connectivity index (χ3n) is 3.79. The van der Waals surface area contributed by atoms with E-state index in [1.165, 1.54) is 31.4 Å². The molecule has 0 amide bonds. The van der Waals surface area contributed by atoms with Crippen molar-refractivity contribution in [1.82, 2.24) is 0 Å². The number of rotatable bonds is 9. The minimum atomic E-state index is 0.975. The quantitative estimate of drug-likeness (QED) is 0.364. The number of hydrogen-bond acceptors (Lipinski definition) is 3. The van der Waals surface area contributed by atoms with Gasteiger partial charge in [0, 0.05) is 12.2 Å². The zero-order valence-electron chi connectivity index (χ0n) is 14.2. The lowest BCUT2D eigenvalue weighted by Crippen LogP contribution is -2.03. The molecule has 2 rings (SSSR count). The summed E-state index contributed by atoms with van der Waals surface area (Å²) in [4.78, 5) is 0. The van der Waals surface area contributed by atoms with E-state index in [0.29, 0.717) is 0 Å². The zero-order chi connectivity index (χ0) is 16.3. The zero-order valence-corrected chi connectivity index (χ0v) is 14.2. The van der Waals surface area contributed by atoms with Crippen LogP contribution in [0, 0.1) is 0 Å². The number of nitrogens with one attached hydrogen (secondary N) is 2. The highest BCUT2D eigenvalue weighted by molar-refractivity contribution is 5.99. The van der Waals surface area contributed by atoms with Crippen LogP contribution in [0.15, 0.2) is 59.7 Å². The molecule has 0 heterocycles. The van der Waals surface area contributed by atoms with Crippen molar-refractivity contribution >= 4 is 17.1 Å². The molecule has 0 bridgehead atoms. The second kappa shape index (κ2) is 9.67. The topological polar surface area (TPSA) is 36.4 Å². The predicted octanol–water partition coefficient (Wildman–Crippen LogP) is 5.51. The average molecular weight is 309 g/mol. The second-order valence-corrected chi connectivity index (χ2v) is 5.74. The van der Waals surface area contributed by atoms with Crippen molar-refractivity contribution in [2.24, 2.45) is 5.10 Å². The van der Waals surface area contributed by atoms with Gasteiger partial charge in [0.2, 0.25) is 0 Å². The van der Waals surface area contributed by atoms with Crippen LogP contribution in [-0.2, 0) is 0 Å². The number of benzene rings is 2. The van der Waals surface area contributed by atoms with Gasteiger partial charge in [-0.05, 0) is 43.2 Å². The second-order valence-electron chi connectivity index (χ2n) is 5.74. The molecule has 0 atom stereocenters. The first-order valence-corrected chi connectivity index (χ1v) is 8.49. The smallest absolute Gasteiger partial charge is 0.0648 e. The average Bonchev–Trinajstić information content (AvgIpc) is 2.61. The van der Waals surface area contributed by atoms with Gasteiger partial charge in [0.1, 0.15) is 0 Å². The van der Waals surface area contributed by atoms with Crippen LogP contribution in [-0.4, -0.2) is 12.3 Å². The molecule has 2 aromatic carbocycles. The summed E-state index contributed by atoms with van der Waals surface area (Å²) in [6.07, 6.45) is 5.14. The van der Waals surface area contributed by atoms with Crippen molar-refractivity contribution in [3.8, 4) is 0 Å². The predicted molar refractivity (Wildman–Crippen MR) is 101 cm³/mol. The molecule has 0 aliphatic heterocycles. The van der Waals surface area contributed by atoms with Crippen LogP contribution in [0.1, 0.15) is 45.1 Å². The van der Waals surface area contributed by atoms with Crippen molar-refractivity contribution in [2.45, 2.75) is 39.5 Å². The van der Waals surface area contributed by atoms with Crippen LogP contribution < -0.4 is 10.7 Å². The van der Waals surface area contributed by atoms with Crippen molar-refractivity contribution in [3.05, 3.63) is 60.2 Å². The molecule has 2 aromatic rings. The first-order valence-electron chi connectivity index (χ1n) is 8.49. The van der Waals surface area contributed by atoms with Crippen LogP contribution in [0.5, 0.6) is 0 Å². The fourth-order valence-electron chi connectivity index (χ4n) is 2.34. The van der Waals surface area contributed by atoms with E-state index in [-0.39, 0.29) is 0 Å². The molecule has 0 aliphatic rings. The van der Waals surface area contributed by atoms with Crippen LogP contribution in [0.4, 0.5) is 11.4 Å². The molecule has 2 N–H and O–H groups in total. The fourth-order valence-corrected chi connectivity index (χ4v) is 2.34. The Morgan fingerprint density at radius 3 is 2.30 bits per heavy atom. The van der Waals surface area contributed by atoms with Crippen molar-refractivity contribution < 1.29 is 0 Å². The van der Waals surface area contributed by atoms with E-state index < -0.39 is 0 Å². The highest BCUT2D eigenvalue weighted by atomic mass is 15.3. The molecular weight excluding hydrogens is 282 g/mol. The molecule has 3 nitrogen and oxygen atoms in total. The molecule has 0 unspecified atom stereocenters. The van der Waals surface area contributed by atoms with Gasteiger partial charge < -0.3 is 5.32 Å². The summed E-state index contributed by atoms with van der Waals surface area (Å²) >= 11 is 0. The number of unbranched alkanes of at least 4 members (excludes halogenated alkanes) is 3.